The summed E-state index contributed by atoms with van der Waals surface area (Å²) in [5.41, 5.74) is 7.93. The van der Waals surface area contributed by atoms with Gasteiger partial charge in [-0.1, -0.05) is 36.3 Å². The topological polar surface area (TPSA) is 69.4 Å². The van der Waals surface area contributed by atoms with E-state index in [0.29, 0.717) is 10.8 Å². The molecule has 0 saturated carbocycles. The van der Waals surface area contributed by atoms with Crippen LogP contribution in [0.3, 0.4) is 0 Å². The van der Waals surface area contributed by atoms with Gasteiger partial charge in [-0.05, 0) is 51.7 Å². The van der Waals surface area contributed by atoms with Crippen molar-refractivity contribution in [2.45, 2.75) is 63.7 Å². The SMILES string of the molecule is C/C(=C\C[C@@H]1O[C@H](C)[C@H](N)C[C@@H]1C)CS(=O)(=O)c1ccc(C)cc1. The van der Waals surface area contributed by atoms with Gasteiger partial charge in [0.05, 0.1) is 22.9 Å². The van der Waals surface area contributed by atoms with Gasteiger partial charge in [-0.2, -0.15) is 0 Å². The highest BCUT2D eigenvalue weighted by Crippen LogP contribution is 2.27. The van der Waals surface area contributed by atoms with Crippen LogP contribution in [-0.2, 0) is 14.6 Å². The van der Waals surface area contributed by atoms with Crippen LogP contribution in [0.2, 0.25) is 0 Å². The van der Waals surface area contributed by atoms with Crippen LogP contribution in [0.25, 0.3) is 0 Å². The Bertz CT molecular complexity index is 679. The van der Waals surface area contributed by atoms with Crippen molar-refractivity contribution in [3.63, 3.8) is 0 Å². The highest BCUT2D eigenvalue weighted by Gasteiger charge is 2.30. The molecule has 0 spiro atoms. The zero-order chi connectivity index (χ0) is 17.9. The quantitative estimate of drug-likeness (QED) is 0.827. The van der Waals surface area contributed by atoms with Gasteiger partial charge in [0.25, 0.3) is 0 Å². The Kier molecular flexibility index (Phi) is 6.23. The number of sulfone groups is 1. The first kappa shape index (κ1) is 19.2. The second-order valence-electron chi connectivity index (χ2n) is 7.11. The molecule has 1 saturated heterocycles. The van der Waals surface area contributed by atoms with Crippen LogP contribution in [0, 0.1) is 12.8 Å². The Labute approximate surface area is 146 Å². The molecule has 1 fully saturated rings. The second-order valence-corrected chi connectivity index (χ2v) is 9.10. The first-order valence-electron chi connectivity index (χ1n) is 8.55. The molecule has 1 aromatic carbocycles. The summed E-state index contributed by atoms with van der Waals surface area (Å²) in [6.07, 6.45) is 3.83. The Morgan fingerprint density at radius 1 is 1.29 bits per heavy atom. The Morgan fingerprint density at radius 2 is 1.92 bits per heavy atom. The van der Waals surface area contributed by atoms with Crippen molar-refractivity contribution in [2.75, 3.05) is 5.75 Å². The largest absolute Gasteiger partial charge is 0.373 e. The van der Waals surface area contributed by atoms with Gasteiger partial charge in [0.2, 0.25) is 0 Å². The molecule has 134 valence electrons. The van der Waals surface area contributed by atoms with E-state index in [2.05, 4.69) is 6.92 Å². The third-order valence-corrected chi connectivity index (χ3v) is 6.59. The molecular formula is C19H29NO3S. The lowest BCUT2D eigenvalue weighted by molar-refractivity contribution is -0.0784. The van der Waals surface area contributed by atoms with E-state index < -0.39 is 9.84 Å². The minimum Gasteiger partial charge on any atom is -0.373 e. The van der Waals surface area contributed by atoms with Gasteiger partial charge in [-0.15, -0.1) is 0 Å². The predicted octanol–water partition coefficient (Wildman–Crippen LogP) is 3.25. The van der Waals surface area contributed by atoms with Crippen LogP contribution in [0.1, 0.15) is 39.2 Å². The lowest BCUT2D eigenvalue weighted by atomic mass is 9.88. The zero-order valence-corrected chi connectivity index (χ0v) is 15.8. The molecule has 1 aliphatic heterocycles. The van der Waals surface area contributed by atoms with Crippen molar-refractivity contribution in [3.8, 4) is 0 Å². The number of ether oxygens (including phenoxy) is 1. The zero-order valence-electron chi connectivity index (χ0n) is 15.0. The number of benzene rings is 1. The summed E-state index contributed by atoms with van der Waals surface area (Å²) in [7, 11) is -3.29. The molecule has 0 aliphatic carbocycles. The Hall–Kier alpha value is -1.17. The molecule has 2 N–H and O–H groups in total. The molecule has 0 aromatic heterocycles. The highest BCUT2D eigenvalue weighted by molar-refractivity contribution is 7.91. The Morgan fingerprint density at radius 3 is 2.54 bits per heavy atom. The fraction of sp³-hybridized carbons (Fsp3) is 0.579. The van der Waals surface area contributed by atoms with Crippen LogP contribution in [0.15, 0.2) is 40.8 Å². The van der Waals surface area contributed by atoms with E-state index in [1.807, 2.05) is 39.0 Å². The first-order chi connectivity index (χ1) is 11.2. The molecule has 0 radical (unpaired) electrons. The maximum Gasteiger partial charge on any atom is 0.182 e. The molecule has 1 aromatic rings. The number of aryl methyl sites for hydroxylation is 1. The number of nitrogens with two attached hydrogens (primary N) is 1. The van der Waals surface area contributed by atoms with Gasteiger partial charge in [0.1, 0.15) is 0 Å². The van der Waals surface area contributed by atoms with Crippen molar-refractivity contribution < 1.29 is 13.2 Å². The standard InChI is InChI=1S/C19H29NO3S/c1-13-5-8-17(9-6-13)24(21,22)12-14(2)7-10-19-15(3)11-18(20)16(4)23-19/h5-9,15-16,18-19H,10-12,20H2,1-4H3/b14-7+/t15-,16+,18+,19-/m0/s1. The van der Waals surface area contributed by atoms with E-state index in [-0.39, 0.29) is 24.0 Å². The van der Waals surface area contributed by atoms with E-state index in [0.717, 1.165) is 24.0 Å². The molecular weight excluding hydrogens is 322 g/mol. The van der Waals surface area contributed by atoms with E-state index in [9.17, 15) is 8.42 Å². The summed E-state index contributed by atoms with van der Waals surface area (Å²) in [5, 5.41) is 0. The molecule has 1 aliphatic rings. The van der Waals surface area contributed by atoms with Crippen LogP contribution in [0.4, 0.5) is 0 Å². The molecule has 4 nitrogen and oxygen atoms in total. The highest BCUT2D eigenvalue weighted by atomic mass is 32.2. The number of hydrogen-bond donors (Lipinski definition) is 1. The fourth-order valence-electron chi connectivity index (χ4n) is 3.08. The van der Waals surface area contributed by atoms with Gasteiger partial charge in [-0.3, -0.25) is 0 Å². The molecule has 1 heterocycles. The fourth-order valence-corrected chi connectivity index (χ4v) is 4.51. The average Bonchev–Trinajstić information content (AvgIpc) is 2.49. The Balaban J connectivity index is 1.99. The lowest BCUT2D eigenvalue weighted by Gasteiger charge is -2.37. The molecule has 2 rings (SSSR count). The van der Waals surface area contributed by atoms with Crippen LogP contribution < -0.4 is 5.73 Å². The molecule has 5 heteroatoms. The predicted molar refractivity (Wildman–Crippen MR) is 97.7 cm³/mol. The van der Waals surface area contributed by atoms with Gasteiger partial charge in [0.15, 0.2) is 9.84 Å². The molecule has 24 heavy (non-hydrogen) atoms. The average molecular weight is 352 g/mol. The minimum absolute atomic E-state index is 0.0478. The van der Waals surface area contributed by atoms with E-state index in [4.69, 9.17) is 10.5 Å². The minimum atomic E-state index is -3.29. The van der Waals surface area contributed by atoms with E-state index >= 15 is 0 Å². The van der Waals surface area contributed by atoms with Crippen molar-refractivity contribution in [1.29, 1.82) is 0 Å². The van der Waals surface area contributed by atoms with Crippen molar-refractivity contribution in [3.05, 3.63) is 41.5 Å². The lowest BCUT2D eigenvalue weighted by Crippen LogP contribution is -2.46. The van der Waals surface area contributed by atoms with Gasteiger partial charge < -0.3 is 10.5 Å². The number of hydrogen-bond acceptors (Lipinski definition) is 4. The smallest absolute Gasteiger partial charge is 0.182 e. The maximum atomic E-state index is 12.5. The number of rotatable bonds is 5. The third kappa shape index (κ3) is 4.91. The van der Waals surface area contributed by atoms with Gasteiger partial charge >= 0.3 is 0 Å². The summed E-state index contributed by atoms with van der Waals surface area (Å²) in [4.78, 5) is 0.378. The first-order valence-corrected chi connectivity index (χ1v) is 10.2. The van der Waals surface area contributed by atoms with Crippen LogP contribution in [-0.4, -0.2) is 32.4 Å². The third-order valence-electron chi connectivity index (χ3n) is 4.77. The normalized spacial score (nSPS) is 28.8. The monoisotopic (exact) mass is 351 g/mol. The second kappa shape index (κ2) is 7.81. The van der Waals surface area contributed by atoms with Crippen LogP contribution >= 0.6 is 0 Å². The summed E-state index contributed by atoms with van der Waals surface area (Å²) < 4.78 is 30.9. The molecule has 0 unspecified atom stereocenters. The molecule has 0 bridgehead atoms. The molecule has 0 amide bonds. The van der Waals surface area contributed by atoms with Crippen molar-refractivity contribution in [1.82, 2.24) is 0 Å². The summed E-state index contributed by atoms with van der Waals surface area (Å²) in [5.74, 6) is 0.431. The van der Waals surface area contributed by atoms with E-state index in [1.54, 1.807) is 12.1 Å². The van der Waals surface area contributed by atoms with Gasteiger partial charge in [0, 0.05) is 6.04 Å². The van der Waals surface area contributed by atoms with Crippen molar-refractivity contribution in [2.24, 2.45) is 11.7 Å². The van der Waals surface area contributed by atoms with E-state index in [1.165, 1.54) is 0 Å². The summed E-state index contributed by atoms with van der Waals surface area (Å²) >= 11 is 0. The maximum absolute atomic E-state index is 12.5. The molecule has 4 atom stereocenters. The summed E-state index contributed by atoms with van der Waals surface area (Å²) in [6.45, 7) is 7.96. The van der Waals surface area contributed by atoms with Crippen molar-refractivity contribution >= 4 is 9.84 Å². The van der Waals surface area contributed by atoms with Gasteiger partial charge in [-0.25, -0.2) is 8.42 Å². The summed E-state index contributed by atoms with van der Waals surface area (Å²) in [6, 6.07) is 7.09. The van der Waals surface area contributed by atoms with Crippen LogP contribution in [0.5, 0.6) is 0 Å².